The van der Waals surface area contributed by atoms with Crippen LogP contribution in [0.3, 0.4) is 0 Å². The summed E-state index contributed by atoms with van der Waals surface area (Å²) in [6.07, 6.45) is 2.77. The molecule has 3 fully saturated rings. The second-order valence-corrected chi connectivity index (χ2v) is 12.3. The minimum atomic E-state index is -0.0473. The molecule has 0 saturated carbocycles. The van der Waals surface area contributed by atoms with E-state index in [0.717, 1.165) is 94.6 Å². The molecule has 0 aliphatic carbocycles. The van der Waals surface area contributed by atoms with Gasteiger partial charge in [0.2, 0.25) is 0 Å². The number of hydrogen-bond acceptors (Lipinski definition) is 8. The predicted molar refractivity (Wildman–Crippen MR) is 166 cm³/mol. The first-order chi connectivity index (χ1) is 19.5. The van der Waals surface area contributed by atoms with Gasteiger partial charge in [0.15, 0.2) is 0 Å². The summed E-state index contributed by atoms with van der Waals surface area (Å²) in [5.41, 5.74) is 2.53. The molecule has 0 unspecified atom stereocenters. The largest absolute Gasteiger partial charge is 0.492 e. The number of nitrogens with zero attached hydrogens (tertiary/aromatic N) is 3. The van der Waals surface area contributed by atoms with Crippen LogP contribution >= 0.6 is 47.2 Å². The number of ether oxygens (including phenoxy) is 3. The molecule has 0 bridgehead atoms. The van der Waals surface area contributed by atoms with Gasteiger partial charge >= 0.3 is 0 Å². The van der Waals surface area contributed by atoms with Crippen LogP contribution in [-0.4, -0.2) is 104 Å². The quantitative estimate of drug-likeness (QED) is 0.262. The minimum Gasteiger partial charge on any atom is -0.492 e. The van der Waals surface area contributed by atoms with E-state index >= 15 is 0 Å². The van der Waals surface area contributed by atoms with Crippen molar-refractivity contribution in [1.29, 1.82) is 0 Å². The van der Waals surface area contributed by atoms with Crippen molar-refractivity contribution in [2.24, 2.45) is 0 Å². The first-order valence-corrected chi connectivity index (χ1v) is 15.5. The zero-order chi connectivity index (χ0) is 27.9. The molecule has 2 aromatic carbocycles. The molecule has 40 heavy (non-hydrogen) atoms. The van der Waals surface area contributed by atoms with Gasteiger partial charge in [0.25, 0.3) is 5.91 Å². The molecule has 11 heteroatoms. The molecule has 7 nitrogen and oxygen atoms in total. The normalized spacial score (nSPS) is 20.1. The number of halogens is 2. The molecule has 3 aliphatic rings. The smallest absolute Gasteiger partial charge is 0.266 e. The summed E-state index contributed by atoms with van der Waals surface area (Å²) in [5.74, 6) is 0.680. The zero-order valence-corrected chi connectivity index (χ0v) is 25.4. The van der Waals surface area contributed by atoms with Gasteiger partial charge in [-0.05, 0) is 42.3 Å². The number of thioether (sulfide) groups is 1. The SMILES string of the molecule is O=C1/C(=C/c2ccc(OCCN3CCOCC3)c(-c3ccc(Cl)cc3Cl)c2)SC(=S)N1CCCN1CCOCC1. The van der Waals surface area contributed by atoms with Gasteiger partial charge < -0.3 is 14.2 Å². The number of thiocarbonyl (C=S) groups is 1. The van der Waals surface area contributed by atoms with E-state index in [-0.39, 0.29) is 5.91 Å². The van der Waals surface area contributed by atoms with Gasteiger partial charge in [-0.3, -0.25) is 19.5 Å². The molecule has 0 atom stereocenters. The number of morpholine rings is 2. The fourth-order valence-corrected chi connectivity index (χ4v) is 6.73. The van der Waals surface area contributed by atoms with Crippen LogP contribution in [0.4, 0.5) is 0 Å². The highest BCUT2D eigenvalue weighted by Gasteiger charge is 2.31. The van der Waals surface area contributed by atoms with E-state index < -0.39 is 0 Å². The maximum absolute atomic E-state index is 13.2. The van der Waals surface area contributed by atoms with Crippen molar-refractivity contribution in [1.82, 2.24) is 14.7 Å². The van der Waals surface area contributed by atoms with Crippen LogP contribution in [0.15, 0.2) is 41.3 Å². The highest BCUT2D eigenvalue weighted by atomic mass is 35.5. The third-order valence-electron chi connectivity index (χ3n) is 7.12. The van der Waals surface area contributed by atoms with Crippen LogP contribution in [0.2, 0.25) is 10.0 Å². The Morgan fingerprint density at radius 1 is 0.900 bits per heavy atom. The van der Waals surface area contributed by atoms with Crippen LogP contribution in [-0.2, 0) is 14.3 Å². The summed E-state index contributed by atoms with van der Waals surface area (Å²) in [7, 11) is 0. The molecule has 3 saturated heterocycles. The number of carbonyl (C=O) groups is 1. The van der Waals surface area contributed by atoms with E-state index in [1.807, 2.05) is 36.4 Å². The highest BCUT2D eigenvalue weighted by Crippen LogP contribution is 2.39. The molecule has 1 amide bonds. The lowest BCUT2D eigenvalue weighted by Crippen LogP contribution is -2.38. The Labute approximate surface area is 255 Å². The van der Waals surface area contributed by atoms with Gasteiger partial charge in [-0.15, -0.1) is 0 Å². The lowest BCUT2D eigenvalue weighted by Gasteiger charge is -2.27. The summed E-state index contributed by atoms with van der Waals surface area (Å²) in [6.45, 7) is 9.62. The molecule has 3 aliphatic heterocycles. The van der Waals surface area contributed by atoms with E-state index in [1.54, 1.807) is 11.0 Å². The molecule has 0 N–H and O–H groups in total. The van der Waals surface area contributed by atoms with E-state index in [2.05, 4.69) is 9.80 Å². The molecule has 214 valence electrons. The minimum absolute atomic E-state index is 0.0473. The van der Waals surface area contributed by atoms with Crippen LogP contribution in [0, 0.1) is 0 Å². The van der Waals surface area contributed by atoms with Crippen molar-refractivity contribution in [2.45, 2.75) is 6.42 Å². The number of hydrogen-bond donors (Lipinski definition) is 0. The average Bonchev–Trinajstić information content (AvgIpc) is 3.22. The Morgan fingerprint density at radius 3 is 2.30 bits per heavy atom. The molecular formula is C29H33Cl2N3O4S2. The van der Waals surface area contributed by atoms with E-state index in [9.17, 15) is 4.79 Å². The van der Waals surface area contributed by atoms with Crippen molar-refractivity contribution in [2.75, 3.05) is 78.8 Å². The summed E-state index contributed by atoms with van der Waals surface area (Å²) in [6, 6.07) is 11.3. The van der Waals surface area contributed by atoms with Gasteiger partial charge in [0.1, 0.15) is 16.7 Å². The standard InChI is InChI=1S/C29H33Cl2N3O4S2/c30-22-3-4-23(25(31)20-22)24-18-21(2-5-26(24)38-17-12-33-10-15-37-16-11-33)19-27-28(35)34(29(39)40-27)7-1-6-32-8-13-36-14-9-32/h2-5,18-20H,1,6-17H2/b27-19-. The monoisotopic (exact) mass is 621 g/mol. The molecule has 3 heterocycles. The molecule has 2 aromatic rings. The van der Waals surface area contributed by atoms with Crippen molar-refractivity contribution in [3.8, 4) is 16.9 Å². The first-order valence-electron chi connectivity index (χ1n) is 13.6. The lowest BCUT2D eigenvalue weighted by molar-refractivity contribution is -0.122. The molecular weight excluding hydrogens is 589 g/mol. The Hall–Kier alpha value is -1.69. The molecule has 5 rings (SSSR count). The second-order valence-electron chi connectivity index (χ2n) is 9.82. The maximum atomic E-state index is 13.2. The van der Waals surface area contributed by atoms with Crippen molar-refractivity contribution in [3.05, 3.63) is 56.9 Å². The summed E-state index contributed by atoms with van der Waals surface area (Å²) >= 11 is 19.7. The molecule has 0 spiro atoms. The van der Waals surface area contributed by atoms with Gasteiger partial charge in [-0.2, -0.15) is 0 Å². The van der Waals surface area contributed by atoms with E-state index in [4.69, 9.17) is 49.6 Å². The van der Waals surface area contributed by atoms with Gasteiger partial charge in [0.05, 0.1) is 36.4 Å². The highest BCUT2D eigenvalue weighted by molar-refractivity contribution is 8.26. The Kier molecular flexibility index (Phi) is 10.8. The number of benzene rings is 2. The summed E-state index contributed by atoms with van der Waals surface area (Å²) in [5, 5.41) is 1.10. The second kappa shape index (κ2) is 14.5. The molecule has 0 radical (unpaired) electrons. The van der Waals surface area contributed by atoms with Crippen molar-refractivity contribution in [3.63, 3.8) is 0 Å². The third-order valence-corrected chi connectivity index (χ3v) is 9.05. The summed E-state index contributed by atoms with van der Waals surface area (Å²) in [4.78, 5) is 20.3. The maximum Gasteiger partial charge on any atom is 0.266 e. The number of amides is 1. The Balaban J connectivity index is 1.30. The van der Waals surface area contributed by atoms with Gasteiger partial charge in [-0.25, -0.2) is 0 Å². The number of carbonyl (C=O) groups excluding carboxylic acids is 1. The fraction of sp³-hybridized carbons (Fsp3) is 0.448. The van der Waals surface area contributed by atoms with Crippen LogP contribution in [0.25, 0.3) is 17.2 Å². The third kappa shape index (κ3) is 7.77. The van der Waals surface area contributed by atoms with Crippen molar-refractivity contribution < 1.29 is 19.0 Å². The zero-order valence-electron chi connectivity index (χ0n) is 22.3. The summed E-state index contributed by atoms with van der Waals surface area (Å²) < 4.78 is 17.7. The van der Waals surface area contributed by atoms with E-state index in [1.165, 1.54) is 11.8 Å². The average molecular weight is 623 g/mol. The van der Waals surface area contributed by atoms with Crippen LogP contribution in [0.1, 0.15) is 12.0 Å². The van der Waals surface area contributed by atoms with Crippen LogP contribution in [0.5, 0.6) is 5.75 Å². The van der Waals surface area contributed by atoms with Gasteiger partial charge in [-0.1, -0.05) is 59.3 Å². The predicted octanol–water partition coefficient (Wildman–Crippen LogP) is 5.29. The Bertz CT molecular complexity index is 1250. The Morgan fingerprint density at radius 2 is 1.60 bits per heavy atom. The van der Waals surface area contributed by atoms with Gasteiger partial charge in [0, 0.05) is 62.0 Å². The topological polar surface area (TPSA) is 54.5 Å². The van der Waals surface area contributed by atoms with E-state index in [0.29, 0.717) is 32.4 Å². The van der Waals surface area contributed by atoms with Crippen molar-refractivity contribution >= 4 is 63.5 Å². The van der Waals surface area contributed by atoms with Crippen LogP contribution < -0.4 is 4.74 Å². The first kappa shape index (κ1) is 29.8. The fourth-order valence-electron chi connectivity index (χ4n) is 4.91. The molecule has 0 aromatic heterocycles. The number of rotatable bonds is 10. The lowest BCUT2D eigenvalue weighted by atomic mass is 10.0.